The number of alkyl halides is 3. The van der Waals surface area contributed by atoms with Crippen molar-refractivity contribution < 1.29 is 32.6 Å². The second-order valence-electron chi connectivity index (χ2n) is 11.0. The molecule has 0 aliphatic carbocycles. The van der Waals surface area contributed by atoms with E-state index in [-0.39, 0.29) is 17.7 Å². The third-order valence-corrected chi connectivity index (χ3v) is 6.60. The highest BCUT2D eigenvalue weighted by atomic mass is 19.4. The number of benzene rings is 1. The molecule has 0 spiro atoms. The van der Waals surface area contributed by atoms with Crippen molar-refractivity contribution in [1.29, 1.82) is 0 Å². The SMILES string of the molecule is CC(C)(C)OCc1nn(CCc2ccc3c(n2)NCCC3)cc1C(=O)NC(CC(=O)O)c1ccc(C(F)(F)F)cc1. The van der Waals surface area contributed by atoms with E-state index in [1.165, 1.54) is 17.7 Å². The fourth-order valence-electron chi connectivity index (χ4n) is 4.46. The van der Waals surface area contributed by atoms with Crippen LogP contribution in [0.5, 0.6) is 0 Å². The molecule has 1 atom stereocenters. The lowest BCUT2D eigenvalue weighted by Gasteiger charge is -2.20. The lowest BCUT2D eigenvalue weighted by atomic mass is 10.0. The van der Waals surface area contributed by atoms with E-state index < -0.39 is 41.7 Å². The van der Waals surface area contributed by atoms with Crippen LogP contribution in [0.4, 0.5) is 19.0 Å². The number of ether oxygens (including phenoxy) is 1. The number of rotatable bonds is 10. The number of nitrogens with one attached hydrogen (secondary N) is 2. The van der Waals surface area contributed by atoms with Gasteiger partial charge in [-0.3, -0.25) is 14.3 Å². The minimum absolute atomic E-state index is 0.0319. The second-order valence-corrected chi connectivity index (χ2v) is 11.0. The van der Waals surface area contributed by atoms with E-state index >= 15 is 0 Å². The molecule has 220 valence electrons. The van der Waals surface area contributed by atoms with Crippen molar-refractivity contribution in [3.05, 3.63) is 76.2 Å². The highest BCUT2D eigenvalue weighted by Gasteiger charge is 2.31. The third-order valence-electron chi connectivity index (χ3n) is 6.60. The molecular weight excluding hydrogens is 539 g/mol. The highest BCUT2D eigenvalue weighted by Crippen LogP contribution is 2.30. The summed E-state index contributed by atoms with van der Waals surface area (Å²) < 4.78 is 46.5. The van der Waals surface area contributed by atoms with Gasteiger partial charge in [-0.2, -0.15) is 18.3 Å². The zero-order chi connectivity index (χ0) is 29.8. The largest absolute Gasteiger partial charge is 0.481 e. The number of nitrogens with zero attached hydrogens (tertiary/aromatic N) is 3. The first kappa shape index (κ1) is 30.0. The molecule has 41 heavy (non-hydrogen) atoms. The Morgan fingerprint density at radius 3 is 2.54 bits per heavy atom. The molecule has 1 aliphatic rings. The Bertz CT molecular complexity index is 1380. The van der Waals surface area contributed by atoms with Gasteiger partial charge in [0.25, 0.3) is 5.91 Å². The molecule has 9 nitrogen and oxygen atoms in total. The van der Waals surface area contributed by atoms with Crippen LogP contribution in [0.2, 0.25) is 0 Å². The van der Waals surface area contributed by atoms with Crippen LogP contribution >= 0.6 is 0 Å². The molecule has 1 amide bonds. The normalized spacial score (nSPS) is 14.2. The smallest absolute Gasteiger partial charge is 0.416 e. The monoisotopic (exact) mass is 573 g/mol. The number of amides is 1. The van der Waals surface area contributed by atoms with Gasteiger partial charge in [-0.15, -0.1) is 0 Å². The van der Waals surface area contributed by atoms with Crippen molar-refractivity contribution in [2.24, 2.45) is 0 Å². The number of carboxylic acids is 1. The van der Waals surface area contributed by atoms with E-state index in [1.54, 1.807) is 10.9 Å². The first-order valence-corrected chi connectivity index (χ1v) is 13.4. The van der Waals surface area contributed by atoms with Gasteiger partial charge in [0, 0.05) is 31.4 Å². The number of aromatic nitrogens is 3. The molecule has 3 aromatic rings. The summed E-state index contributed by atoms with van der Waals surface area (Å²) >= 11 is 0. The minimum Gasteiger partial charge on any atom is -0.481 e. The topological polar surface area (TPSA) is 118 Å². The number of carboxylic acid groups (broad SMARTS) is 1. The van der Waals surface area contributed by atoms with E-state index in [0.29, 0.717) is 18.7 Å². The molecule has 0 fully saturated rings. The summed E-state index contributed by atoms with van der Waals surface area (Å²) in [5.41, 5.74) is 1.47. The van der Waals surface area contributed by atoms with E-state index in [4.69, 9.17) is 9.72 Å². The maximum Gasteiger partial charge on any atom is 0.416 e. The molecule has 1 unspecified atom stereocenters. The van der Waals surface area contributed by atoms with Crippen molar-refractivity contribution in [3.63, 3.8) is 0 Å². The van der Waals surface area contributed by atoms with Gasteiger partial charge in [-0.25, -0.2) is 4.98 Å². The summed E-state index contributed by atoms with van der Waals surface area (Å²) in [5, 5.41) is 20.0. The number of halogens is 3. The number of carbonyl (C=O) groups is 2. The lowest BCUT2D eigenvalue weighted by molar-refractivity contribution is -0.138. The number of aliphatic carboxylic acids is 1. The Kier molecular flexibility index (Phi) is 9.01. The maximum absolute atomic E-state index is 13.4. The highest BCUT2D eigenvalue weighted by molar-refractivity contribution is 5.95. The fraction of sp³-hybridized carbons (Fsp3) is 0.448. The van der Waals surface area contributed by atoms with Crippen LogP contribution in [0.1, 0.15) is 78.1 Å². The molecule has 3 N–H and O–H groups in total. The molecule has 4 rings (SSSR count). The van der Waals surface area contributed by atoms with Gasteiger partial charge in [0.05, 0.1) is 35.8 Å². The summed E-state index contributed by atoms with van der Waals surface area (Å²) in [6.07, 6.45) is -0.872. The van der Waals surface area contributed by atoms with Gasteiger partial charge < -0.3 is 20.5 Å². The summed E-state index contributed by atoms with van der Waals surface area (Å²) in [7, 11) is 0. The fourth-order valence-corrected chi connectivity index (χ4v) is 4.46. The predicted octanol–water partition coefficient (Wildman–Crippen LogP) is 5.16. The van der Waals surface area contributed by atoms with Gasteiger partial charge >= 0.3 is 12.1 Å². The van der Waals surface area contributed by atoms with Crippen molar-refractivity contribution in [2.45, 2.75) is 77.4 Å². The lowest BCUT2D eigenvalue weighted by Crippen LogP contribution is -2.31. The maximum atomic E-state index is 13.4. The molecule has 1 aromatic carbocycles. The van der Waals surface area contributed by atoms with Crippen LogP contribution in [0.3, 0.4) is 0 Å². The number of hydrogen-bond donors (Lipinski definition) is 3. The average Bonchev–Trinajstić information content (AvgIpc) is 3.32. The molecule has 3 heterocycles. The number of hydrogen-bond acceptors (Lipinski definition) is 6. The van der Waals surface area contributed by atoms with Crippen LogP contribution in [-0.2, 0) is 41.7 Å². The molecule has 0 saturated carbocycles. The summed E-state index contributed by atoms with van der Waals surface area (Å²) in [5.74, 6) is -0.929. The molecule has 0 bridgehead atoms. The Morgan fingerprint density at radius 1 is 1.15 bits per heavy atom. The Balaban J connectivity index is 1.54. The standard InChI is InChI=1S/C29H34F3N5O4/c1-28(2,3)41-17-24-22(16-37(36-24)14-12-21-11-8-19-5-4-13-33-26(19)34-21)27(40)35-23(15-25(38)39)18-6-9-20(10-7-18)29(30,31)32/h6-11,16,23H,4-5,12-15,17H2,1-3H3,(H,33,34)(H,35,40)(H,38,39). The van der Waals surface area contributed by atoms with Crippen LogP contribution < -0.4 is 10.6 Å². The number of fused-ring (bicyclic) bond motifs is 1. The summed E-state index contributed by atoms with van der Waals surface area (Å²) in [6.45, 7) is 6.95. The Hall–Kier alpha value is -3.93. The van der Waals surface area contributed by atoms with Crippen molar-refractivity contribution in [3.8, 4) is 0 Å². The van der Waals surface area contributed by atoms with Crippen LogP contribution in [0, 0.1) is 0 Å². The van der Waals surface area contributed by atoms with E-state index in [9.17, 15) is 27.9 Å². The first-order valence-electron chi connectivity index (χ1n) is 13.4. The van der Waals surface area contributed by atoms with Crippen LogP contribution in [0.25, 0.3) is 0 Å². The average molecular weight is 574 g/mol. The van der Waals surface area contributed by atoms with Gasteiger partial charge in [0.1, 0.15) is 11.5 Å². The van der Waals surface area contributed by atoms with E-state index in [2.05, 4.69) is 21.8 Å². The van der Waals surface area contributed by atoms with Crippen molar-refractivity contribution in [1.82, 2.24) is 20.1 Å². The van der Waals surface area contributed by atoms with Gasteiger partial charge in [0.15, 0.2) is 0 Å². The Morgan fingerprint density at radius 2 is 1.88 bits per heavy atom. The number of pyridine rings is 1. The van der Waals surface area contributed by atoms with Crippen LogP contribution in [0.15, 0.2) is 42.6 Å². The minimum atomic E-state index is -4.54. The number of carbonyl (C=O) groups excluding carboxylic acids is 1. The second kappa shape index (κ2) is 12.3. The van der Waals surface area contributed by atoms with Crippen molar-refractivity contribution in [2.75, 3.05) is 11.9 Å². The quantitative estimate of drug-likeness (QED) is 0.307. The third kappa shape index (κ3) is 8.29. The van der Waals surface area contributed by atoms with Gasteiger partial charge in [-0.05, 0) is 62.9 Å². The molecule has 12 heteroatoms. The number of anilines is 1. The molecular formula is C29H34F3N5O4. The molecule has 1 aliphatic heterocycles. The molecule has 0 saturated heterocycles. The zero-order valence-electron chi connectivity index (χ0n) is 23.2. The van der Waals surface area contributed by atoms with Crippen molar-refractivity contribution >= 4 is 17.7 Å². The Labute approximate surface area is 236 Å². The molecule has 0 radical (unpaired) electrons. The first-order chi connectivity index (χ1) is 19.3. The van der Waals surface area contributed by atoms with Crippen LogP contribution in [-0.4, -0.2) is 43.9 Å². The van der Waals surface area contributed by atoms with E-state index in [1.807, 2.05) is 26.8 Å². The zero-order valence-corrected chi connectivity index (χ0v) is 23.2. The molecule has 2 aromatic heterocycles. The van der Waals surface area contributed by atoms with Gasteiger partial charge in [-0.1, -0.05) is 18.2 Å². The predicted molar refractivity (Wildman–Crippen MR) is 145 cm³/mol. The van der Waals surface area contributed by atoms with E-state index in [0.717, 1.165) is 43.0 Å². The number of aryl methyl sites for hydroxylation is 3. The summed E-state index contributed by atoms with van der Waals surface area (Å²) in [4.78, 5) is 29.7. The summed E-state index contributed by atoms with van der Waals surface area (Å²) in [6, 6.07) is 7.05. The van der Waals surface area contributed by atoms with Gasteiger partial charge in [0.2, 0.25) is 0 Å².